The Morgan fingerprint density at radius 1 is 0.906 bits per heavy atom. The number of anilines is 1. The molecule has 1 saturated heterocycles. The van der Waals surface area contributed by atoms with Crippen molar-refractivity contribution in [1.29, 1.82) is 5.26 Å². The quantitative estimate of drug-likeness (QED) is 0.577. The topological polar surface area (TPSA) is 59.4 Å². The number of nitriles is 1. The summed E-state index contributed by atoms with van der Waals surface area (Å²) in [6.45, 7) is 2.85. The lowest BCUT2D eigenvalue weighted by molar-refractivity contribution is 0.126. The van der Waals surface area contributed by atoms with Gasteiger partial charge in [-0.05, 0) is 41.0 Å². The molecule has 1 aliphatic rings. The number of hydrogen-bond donors (Lipinski definition) is 1. The van der Waals surface area contributed by atoms with Crippen molar-refractivity contribution in [1.82, 2.24) is 9.80 Å². The summed E-state index contributed by atoms with van der Waals surface area (Å²) in [6, 6.07) is 28.0. The SMILES string of the molecule is N#CCc1ccc(NC(=O)N2CCN(C(c3ccccc3)c3ccc(Cl)cc3)CC2)cc1. The average molecular weight is 445 g/mol. The van der Waals surface area contributed by atoms with Crippen LogP contribution in [0, 0.1) is 11.3 Å². The van der Waals surface area contributed by atoms with Gasteiger partial charge in [-0.1, -0.05) is 66.2 Å². The summed E-state index contributed by atoms with van der Waals surface area (Å²) in [7, 11) is 0. The predicted molar refractivity (Wildman–Crippen MR) is 128 cm³/mol. The average Bonchev–Trinajstić information content (AvgIpc) is 2.83. The molecular formula is C26H25ClN4O. The summed E-state index contributed by atoms with van der Waals surface area (Å²) in [5, 5.41) is 12.5. The van der Waals surface area contributed by atoms with Crippen LogP contribution >= 0.6 is 11.6 Å². The van der Waals surface area contributed by atoms with Gasteiger partial charge in [0.1, 0.15) is 0 Å². The Morgan fingerprint density at radius 3 is 2.16 bits per heavy atom. The molecule has 1 aliphatic heterocycles. The van der Waals surface area contributed by atoms with Gasteiger partial charge in [0.15, 0.2) is 0 Å². The van der Waals surface area contributed by atoms with E-state index in [0.717, 1.165) is 29.4 Å². The zero-order valence-electron chi connectivity index (χ0n) is 17.7. The van der Waals surface area contributed by atoms with Crippen molar-refractivity contribution in [3.8, 4) is 6.07 Å². The van der Waals surface area contributed by atoms with E-state index in [2.05, 4.69) is 52.7 Å². The Kier molecular flexibility index (Phi) is 7.06. The Balaban J connectivity index is 1.42. The maximum Gasteiger partial charge on any atom is 0.321 e. The van der Waals surface area contributed by atoms with Gasteiger partial charge in [-0.3, -0.25) is 4.90 Å². The molecule has 1 atom stereocenters. The van der Waals surface area contributed by atoms with Crippen molar-refractivity contribution >= 4 is 23.3 Å². The lowest BCUT2D eigenvalue weighted by atomic mass is 9.96. The molecule has 1 fully saturated rings. The molecular weight excluding hydrogens is 420 g/mol. The molecule has 0 saturated carbocycles. The lowest BCUT2D eigenvalue weighted by Crippen LogP contribution is -2.51. The number of rotatable bonds is 5. The Bertz CT molecular complexity index is 1070. The van der Waals surface area contributed by atoms with Crippen LogP contribution in [0.2, 0.25) is 5.02 Å². The molecule has 0 aromatic heterocycles. The highest BCUT2D eigenvalue weighted by Gasteiger charge is 2.28. The highest BCUT2D eigenvalue weighted by molar-refractivity contribution is 6.30. The monoisotopic (exact) mass is 444 g/mol. The van der Waals surface area contributed by atoms with Crippen molar-refractivity contribution in [3.05, 3.63) is 101 Å². The van der Waals surface area contributed by atoms with Gasteiger partial charge in [0.25, 0.3) is 0 Å². The van der Waals surface area contributed by atoms with E-state index in [4.69, 9.17) is 16.9 Å². The van der Waals surface area contributed by atoms with Gasteiger partial charge in [-0.15, -0.1) is 0 Å². The van der Waals surface area contributed by atoms with E-state index in [1.165, 1.54) is 11.1 Å². The third-order valence-corrected chi connectivity index (χ3v) is 6.01. The second-order valence-electron chi connectivity index (χ2n) is 7.85. The molecule has 1 N–H and O–H groups in total. The largest absolute Gasteiger partial charge is 0.322 e. The van der Waals surface area contributed by atoms with E-state index < -0.39 is 0 Å². The highest BCUT2D eigenvalue weighted by Crippen LogP contribution is 2.30. The van der Waals surface area contributed by atoms with Gasteiger partial charge in [-0.25, -0.2) is 4.79 Å². The molecule has 4 rings (SSSR count). The third kappa shape index (κ3) is 5.28. The molecule has 0 spiro atoms. The van der Waals surface area contributed by atoms with E-state index in [0.29, 0.717) is 19.5 Å². The summed E-state index contributed by atoms with van der Waals surface area (Å²) in [5.41, 5.74) is 4.09. The fraction of sp³-hybridized carbons (Fsp3) is 0.231. The number of piperazine rings is 1. The molecule has 1 unspecified atom stereocenters. The van der Waals surface area contributed by atoms with E-state index in [1.807, 2.05) is 47.4 Å². The van der Waals surface area contributed by atoms with Crippen molar-refractivity contribution in [2.45, 2.75) is 12.5 Å². The van der Waals surface area contributed by atoms with Gasteiger partial charge in [0.2, 0.25) is 0 Å². The number of halogens is 1. The molecule has 5 nitrogen and oxygen atoms in total. The molecule has 0 radical (unpaired) electrons. The van der Waals surface area contributed by atoms with Crippen molar-refractivity contribution in [3.63, 3.8) is 0 Å². The summed E-state index contributed by atoms with van der Waals surface area (Å²) in [4.78, 5) is 17.0. The van der Waals surface area contributed by atoms with Gasteiger partial charge in [0, 0.05) is 36.9 Å². The van der Waals surface area contributed by atoms with Crippen molar-refractivity contribution in [2.75, 3.05) is 31.5 Å². The van der Waals surface area contributed by atoms with E-state index in [1.54, 1.807) is 0 Å². The fourth-order valence-electron chi connectivity index (χ4n) is 4.08. The Morgan fingerprint density at radius 2 is 1.53 bits per heavy atom. The normalized spacial score (nSPS) is 15.1. The van der Waals surface area contributed by atoms with Crippen molar-refractivity contribution in [2.24, 2.45) is 0 Å². The third-order valence-electron chi connectivity index (χ3n) is 5.76. The van der Waals surface area contributed by atoms with Crippen LogP contribution in [0.5, 0.6) is 0 Å². The standard InChI is InChI=1S/C26H25ClN4O/c27-23-10-8-22(9-11-23)25(21-4-2-1-3-5-21)30-16-18-31(19-17-30)26(32)29-24-12-6-20(7-13-24)14-15-28/h1-13,25H,14,16-19H2,(H,29,32). The number of carbonyl (C=O) groups is 1. The lowest BCUT2D eigenvalue weighted by Gasteiger charge is -2.39. The molecule has 0 bridgehead atoms. The van der Waals surface area contributed by atoms with Crippen molar-refractivity contribution < 1.29 is 4.79 Å². The number of hydrogen-bond acceptors (Lipinski definition) is 3. The summed E-state index contributed by atoms with van der Waals surface area (Å²) >= 11 is 6.11. The first-order valence-electron chi connectivity index (χ1n) is 10.7. The van der Waals surface area contributed by atoms with Gasteiger partial charge >= 0.3 is 6.03 Å². The first kappa shape index (κ1) is 21.9. The van der Waals surface area contributed by atoms with Crippen LogP contribution < -0.4 is 5.32 Å². The van der Waals surface area contributed by atoms with Crippen LogP contribution in [0.1, 0.15) is 22.7 Å². The van der Waals surface area contributed by atoms with Gasteiger partial charge in [-0.2, -0.15) is 5.26 Å². The molecule has 3 aromatic carbocycles. The number of amides is 2. The minimum atomic E-state index is -0.0968. The number of urea groups is 1. The summed E-state index contributed by atoms with van der Waals surface area (Å²) in [5.74, 6) is 0. The van der Waals surface area contributed by atoms with E-state index >= 15 is 0 Å². The second-order valence-corrected chi connectivity index (χ2v) is 8.29. The van der Waals surface area contributed by atoms with Gasteiger partial charge in [0.05, 0.1) is 18.5 Å². The smallest absolute Gasteiger partial charge is 0.321 e. The van der Waals surface area contributed by atoms with Crippen LogP contribution in [0.25, 0.3) is 0 Å². The Hall–Kier alpha value is -3.33. The summed E-state index contributed by atoms with van der Waals surface area (Å²) in [6.07, 6.45) is 0.367. The number of nitrogens with one attached hydrogen (secondary N) is 1. The summed E-state index contributed by atoms with van der Waals surface area (Å²) < 4.78 is 0. The molecule has 3 aromatic rings. The fourth-order valence-corrected chi connectivity index (χ4v) is 4.20. The van der Waals surface area contributed by atoms with Gasteiger partial charge < -0.3 is 10.2 Å². The van der Waals surface area contributed by atoms with Crippen LogP contribution in [0.4, 0.5) is 10.5 Å². The zero-order valence-corrected chi connectivity index (χ0v) is 18.5. The van der Waals surface area contributed by atoms with Crippen LogP contribution in [0.15, 0.2) is 78.9 Å². The maximum atomic E-state index is 12.8. The Labute approximate surface area is 193 Å². The minimum Gasteiger partial charge on any atom is -0.322 e. The maximum absolute atomic E-state index is 12.8. The molecule has 0 aliphatic carbocycles. The predicted octanol–water partition coefficient (Wildman–Crippen LogP) is 5.35. The number of nitrogens with zero attached hydrogens (tertiary/aromatic N) is 3. The zero-order chi connectivity index (χ0) is 22.3. The number of carbonyl (C=O) groups excluding carboxylic acids is 1. The molecule has 162 valence electrons. The van der Waals surface area contributed by atoms with E-state index in [9.17, 15) is 4.79 Å². The second kappa shape index (κ2) is 10.3. The van der Waals surface area contributed by atoms with Crippen LogP contribution in [-0.4, -0.2) is 42.0 Å². The molecule has 32 heavy (non-hydrogen) atoms. The van der Waals surface area contributed by atoms with E-state index in [-0.39, 0.29) is 12.1 Å². The first-order chi connectivity index (χ1) is 15.6. The van der Waals surface area contributed by atoms with Crippen LogP contribution in [-0.2, 0) is 6.42 Å². The molecule has 2 amide bonds. The molecule has 6 heteroatoms. The highest BCUT2D eigenvalue weighted by atomic mass is 35.5. The molecule has 1 heterocycles. The van der Waals surface area contributed by atoms with Crippen LogP contribution in [0.3, 0.4) is 0 Å². The minimum absolute atomic E-state index is 0.0968. The number of benzene rings is 3. The first-order valence-corrected chi connectivity index (χ1v) is 11.1.